The molecule has 17 heavy (non-hydrogen) atoms. The summed E-state index contributed by atoms with van der Waals surface area (Å²) >= 11 is 0. The van der Waals surface area contributed by atoms with Crippen molar-refractivity contribution in [3.63, 3.8) is 0 Å². The molecule has 1 saturated heterocycles. The Morgan fingerprint density at radius 2 is 1.29 bits per heavy atom. The highest BCUT2D eigenvalue weighted by atomic mass is 19.4. The summed E-state index contributed by atoms with van der Waals surface area (Å²) in [4.78, 5) is 1.41. The van der Waals surface area contributed by atoms with Crippen molar-refractivity contribution in [3.8, 4) is 0 Å². The fourth-order valence-corrected chi connectivity index (χ4v) is 1.51. The van der Waals surface area contributed by atoms with Gasteiger partial charge in [0.25, 0.3) is 0 Å². The van der Waals surface area contributed by atoms with Crippen LogP contribution in [0.3, 0.4) is 0 Å². The van der Waals surface area contributed by atoms with E-state index in [9.17, 15) is 13.2 Å². The summed E-state index contributed by atoms with van der Waals surface area (Å²) in [7, 11) is 0. The van der Waals surface area contributed by atoms with E-state index in [-0.39, 0.29) is 0 Å². The van der Waals surface area contributed by atoms with Gasteiger partial charge in [-0.1, -0.05) is 36.4 Å². The van der Waals surface area contributed by atoms with E-state index < -0.39 is 12.7 Å². The molecule has 1 aliphatic heterocycles. The van der Waals surface area contributed by atoms with Gasteiger partial charge in [0.05, 0.1) is 6.54 Å². The third kappa shape index (κ3) is 7.76. The molecule has 2 nitrogen and oxygen atoms in total. The molecule has 1 aromatic rings. The van der Waals surface area contributed by atoms with Crippen LogP contribution >= 0.6 is 0 Å². The Kier molecular flexibility index (Phi) is 6.00. The van der Waals surface area contributed by atoms with Crippen LogP contribution in [0.5, 0.6) is 0 Å². The maximum Gasteiger partial charge on any atom is 0.401 e. The van der Waals surface area contributed by atoms with Crippen LogP contribution < -0.4 is 5.32 Å². The number of rotatable bonds is 1. The zero-order valence-electron chi connectivity index (χ0n) is 9.58. The molecule has 2 rings (SSSR count). The average Bonchev–Trinajstić information content (AvgIpc) is 2.31. The summed E-state index contributed by atoms with van der Waals surface area (Å²) in [5.74, 6) is 0. The zero-order valence-corrected chi connectivity index (χ0v) is 9.58. The molecule has 1 N–H and O–H groups in total. The smallest absolute Gasteiger partial charge is 0.314 e. The Morgan fingerprint density at radius 3 is 1.65 bits per heavy atom. The second-order valence-corrected chi connectivity index (χ2v) is 3.80. The van der Waals surface area contributed by atoms with Crippen LogP contribution in [0.2, 0.25) is 0 Å². The lowest BCUT2D eigenvalue weighted by Gasteiger charge is -2.27. The van der Waals surface area contributed by atoms with Crippen LogP contribution in [0.15, 0.2) is 36.4 Å². The second-order valence-electron chi connectivity index (χ2n) is 3.80. The van der Waals surface area contributed by atoms with E-state index in [2.05, 4.69) is 5.32 Å². The molecule has 0 spiro atoms. The van der Waals surface area contributed by atoms with Gasteiger partial charge in [0.1, 0.15) is 0 Å². The van der Waals surface area contributed by atoms with E-state index in [1.54, 1.807) is 0 Å². The number of alkyl halides is 3. The number of hydrogen-bond acceptors (Lipinski definition) is 2. The Morgan fingerprint density at radius 1 is 0.882 bits per heavy atom. The summed E-state index contributed by atoms with van der Waals surface area (Å²) in [6, 6.07) is 12.0. The van der Waals surface area contributed by atoms with Crippen molar-refractivity contribution in [3.05, 3.63) is 36.4 Å². The zero-order chi connectivity index (χ0) is 12.6. The first-order chi connectivity index (χ1) is 8.08. The molecule has 0 radical (unpaired) electrons. The molecule has 1 aliphatic rings. The summed E-state index contributed by atoms with van der Waals surface area (Å²) in [6.45, 7) is 1.56. The number of hydrogen-bond donors (Lipinski definition) is 1. The lowest BCUT2D eigenvalue weighted by atomic mass is 10.3. The summed E-state index contributed by atoms with van der Waals surface area (Å²) in [6.07, 6.45) is -4.04. The second kappa shape index (κ2) is 7.29. The van der Waals surface area contributed by atoms with Crippen molar-refractivity contribution in [1.82, 2.24) is 10.2 Å². The standard InChI is InChI=1S/C6H11F3N2.C6H6/c7-6(8,9)5-11-3-1-10-2-4-11;1-2-4-6-5-3-1/h10H,1-5H2;1-6H. The molecule has 0 saturated carbocycles. The van der Waals surface area contributed by atoms with Crippen LogP contribution in [-0.2, 0) is 0 Å². The van der Waals surface area contributed by atoms with E-state index in [4.69, 9.17) is 0 Å². The van der Waals surface area contributed by atoms with Gasteiger partial charge >= 0.3 is 6.18 Å². The molecule has 1 heterocycles. The first-order valence-corrected chi connectivity index (χ1v) is 5.58. The predicted octanol–water partition coefficient (Wildman–Crippen LogP) is 2.14. The van der Waals surface area contributed by atoms with Crippen molar-refractivity contribution in [2.45, 2.75) is 6.18 Å². The molecule has 0 aliphatic carbocycles. The highest BCUT2D eigenvalue weighted by molar-refractivity contribution is 4.99. The van der Waals surface area contributed by atoms with Crippen molar-refractivity contribution < 1.29 is 13.2 Å². The molecule has 1 aromatic carbocycles. The maximum atomic E-state index is 11.8. The number of nitrogens with one attached hydrogen (secondary N) is 1. The van der Waals surface area contributed by atoms with Crippen LogP contribution in [0.1, 0.15) is 0 Å². The fourth-order valence-electron chi connectivity index (χ4n) is 1.51. The largest absolute Gasteiger partial charge is 0.401 e. The van der Waals surface area contributed by atoms with Gasteiger partial charge in [0.2, 0.25) is 0 Å². The molecule has 0 unspecified atom stereocenters. The van der Waals surface area contributed by atoms with Crippen molar-refractivity contribution in [2.75, 3.05) is 32.7 Å². The monoisotopic (exact) mass is 246 g/mol. The van der Waals surface area contributed by atoms with Crippen LogP contribution in [0.25, 0.3) is 0 Å². The van der Waals surface area contributed by atoms with Crippen molar-refractivity contribution >= 4 is 0 Å². The van der Waals surface area contributed by atoms with E-state index in [1.807, 2.05) is 36.4 Å². The van der Waals surface area contributed by atoms with Gasteiger partial charge in [-0.25, -0.2) is 0 Å². The molecular weight excluding hydrogens is 229 g/mol. The summed E-state index contributed by atoms with van der Waals surface area (Å²) in [5, 5.41) is 2.99. The maximum absolute atomic E-state index is 11.8. The van der Waals surface area contributed by atoms with Crippen LogP contribution in [0, 0.1) is 0 Å². The number of halogens is 3. The molecule has 0 bridgehead atoms. The van der Waals surface area contributed by atoms with Gasteiger partial charge in [-0.15, -0.1) is 0 Å². The van der Waals surface area contributed by atoms with E-state index in [0.717, 1.165) is 0 Å². The highest BCUT2D eigenvalue weighted by Gasteiger charge is 2.30. The molecular formula is C12H17F3N2. The molecule has 0 atom stereocenters. The van der Waals surface area contributed by atoms with Gasteiger partial charge in [0.15, 0.2) is 0 Å². The third-order valence-electron chi connectivity index (χ3n) is 2.28. The SMILES string of the molecule is FC(F)(F)CN1CCNCC1.c1ccccc1. The molecule has 5 heteroatoms. The lowest BCUT2D eigenvalue weighted by molar-refractivity contribution is -0.146. The molecule has 1 fully saturated rings. The molecule has 0 aromatic heterocycles. The molecule has 0 amide bonds. The van der Waals surface area contributed by atoms with Crippen LogP contribution in [-0.4, -0.2) is 43.8 Å². The first kappa shape index (κ1) is 14.0. The molecule has 96 valence electrons. The normalized spacial score (nSPS) is 17.1. The van der Waals surface area contributed by atoms with E-state index in [0.29, 0.717) is 26.2 Å². The van der Waals surface area contributed by atoms with Crippen LogP contribution in [0.4, 0.5) is 13.2 Å². The lowest BCUT2D eigenvalue weighted by Crippen LogP contribution is -2.47. The Balaban J connectivity index is 0.000000202. The fraction of sp³-hybridized carbons (Fsp3) is 0.500. The minimum absolute atomic E-state index is 0.500. The third-order valence-corrected chi connectivity index (χ3v) is 2.28. The van der Waals surface area contributed by atoms with E-state index >= 15 is 0 Å². The topological polar surface area (TPSA) is 15.3 Å². The summed E-state index contributed by atoms with van der Waals surface area (Å²) in [5.41, 5.74) is 0. The van der Waals surface area contributed by atoms with Gasteiger partial charge < -0.3 is 5.32 Å². The summed E-state index contributed by atoms with van der Waals surface area (Å²) < 4.78 is 35.3. The predicted molar refractivity (Wildman–Crippen MR) is 61.8 cm³/mol. The first-order valence-electron chi connectivity index (χ1n) is 5.58. The Labute approximate surface area is 99.4 Å². The quantitative estimate of drug-likeness (QED) is 0.816. The average molecular weight is 246 g/mol. The Bertz CT molecular complexity index is 255. The number of nitrogens with zero attached hydrogens (tertiary/aromatic N) is 1. The Hall–Kier alpha value is -1.07. The van der Waals surface area contributed by atoms with Gasteiger partial charge in [-0.2, -0.15) is 13.2 Å². The number of piperazine rings is 1. The van der Waals surface area contributed by atoms with Gasteiger partial charge in [-0.3, -0.25) is 4.90 Å². The number of benzene rings is 1. The van der Waals surface area contributed by atoms with E-state index in [1.165, 1.54) is 4.90 Å². The minimum Gasteiger partial charge on any atom is -0.314 e. The van der Waals surface area contributed by atoms with Gasteiger partial charge in [-0.05, 0) is 0 Å². The minimum atomic E-state index is -4.04. The van der Waals surface area contributed by atoms with Crippen molar-refractivity contribution in [1.29, 1.82) is 0 Å². The van der Waals surface area contributed by atoms with Crippen molar-refractivity contribution in [2.24, 2.45) is 0 Å². The van der Waals surface area contributed by atoms with Gasteiger partial charge in [0, 0.05) is 26.2 Å². The highest BCUT2D eigenvalue weighted by Crippen LogP contribution is 2.16.